The van der Waals surface area contributed by atoms with Crippen LogP contribution in [-0.2, 0) is 11.0 Å². The molecular weight excluding hydrogens is 518 g/mol. The zero-order valence-electron chi connectivity index (χ0n) is 28.0. The molecule has 0 saturated heterocycles. The summed E-state index contributed by atoms with van der Waals surface area (Å²) >= 11 is 0. The van der Waals surface area contributed by atoms with E-state index in [2.05, 4.69) is 128 Å². The van der Waals surface area contributed by atoms with Crippen LogP contribution in [0.1, 0.15) is 123 Å². The molecule has 1 nitrogen and oxygen atoms in total. The largest absolute Gasteiger partial charge is 0.222 e. The standard InChI is InChI=1S/C42H50N/c1-10-27(11-2)32-21-34(28(12-3)13-4)26(7)42(24-32)36-22-29-16-14-15-17-33(29)39-38(36)40-37-30(18-19-43(40)42)20-31(25(5)6)23-35(37)41(39,8)9/h14-23,25,27-28H,10-13,24H2,1-9H3/q+1. The fourth-order valence-corrected chi connectivity index (χ4v) is 9.47. The van der Waals surface area contributed by atoms with E-state index in [0.29, 0.717) is 17.8 Å². The molecular formula is C42H50N+. The Morgan fingerprint density at radius 1 is 0.814 bits per heavy atom. The number of allylic oxidation sites excluding steroid dienone is 4. The third kappa shape index (κ3) is 3.66. The molecule has 1 aliphatic heterocycles. The van der Waals surface area contributed by atoms with E-state index in [0.717, 1.165) is 6.42 Å². The molecule has 0 amide bonds. The molecule has 0 bridgehead atoms. The Hall–Kier alpha value is -3.19. The van der Waals surface area contributed by atoms with Gasteiger partial charge in [-0.1, -0.05) is 103 Å². The first-order chi connectivity index (χ1) is 20.6. The summed E-state index contributed by atoms with van der Waals surface area (Å²) in [5.74, 6) is 1.70. The average Bonchev–Trinajstić information content (AvgIpc) is 3.27. The number of aromatic nitrogens is 1. The van der Waals surface area contributed by atoms with Crippen LogP contribution in [0.4, 0.5) is 0 Å². The first kappa shape index (κ1) is 28.6. The second-order valence-corrected chi connectivity index (χ2v) is 14.6. The van der Waals surface area contributed by atoms with E-state index in [1.54, 1.807) is 16.7 Å². The van der Waals surface area contributed by atoms with E-state index >= 15 is 0 Å². The minimum Gasteiger partial charge on any atom is -0.183 e. The van der Waals surface area contributed by atoms with Crippen molar-refractivity contribution >= 4 is 21.5 Å². The fourth-order valence-electron chi connectivity index (χ4n) is 9.47. The van der Waals surface area contributed by atoms with Crippen LogP contribution in [0.15, 0.2) is 77.5 Å². The van der Waals surface area contributed by atoms with Gasteiger partial charge in [-0.25, -0.2) is 0 Å². The zero-order valence-corrected chi connectivity index (χ0v) is 28.0. The predicted molar refractivity (Wildman–Crippen MR) is 184 cm³/mol. The van der Waals surface area contributed by atoms with Crippen molar-refractivity contribution in [2.75, 3.05) is 0 Å². The number of fused-ring (bicyclic) bond motifs is 4. The number of hydrogen-bond donors (Lipinski definition) is 0. The molecule has 1 heteroatoms. The zero-order chi connectivity index (χ0) is 30.4. The van der Waals surface area contributed by atoms with Gasteiger partial charge in [-0.05, 0) is 94.8 Å². The van der Waals surface area contributed by atoms with Crippen molar-refractivity contribution in [3.05, 3.63) is 99.8 Å². The maximum Gasteiger partial charge on any atom is 0.222 e. The third-order valence-electron chi connectivity index (χ3n) is 12.0. The second kappa shape index (κ2) is 9.91. The van der Waals surface area contributed by atoms with Gasteiger partial charge in [-0.3, -0.25) is 0 Å². The van der Waals surface area contributed by atoms with Crippen LogP contribution in [-0.4, -0.2) is 0 Å². The highest BCUT2D eigenvalue weighted by atomic mass is 15.1. The van der Waals surface area contributed by atoms with Gasteiger partial charge in [0.1, 0.15) is 0 Å². The molecule has 1 spiro atoms. The lowest BCUT2D eigenvalue weighted by molar-refractivity contribution is -0.728. The molecule has 222 valence electrons. The molecule has 0 saturated carbocycles. The SMILES string of the molecule is CCC(CC)C1=CC(C(CC)CC)=C(C)C2(C1)c1cc3ccccc3c3c1-c1c4c(cc(C(C)C)cc4cc[n+]12)C3(C)C. The molecule has 3 aliphatic rings. The van der Waals surface area contributed by atoms with Gasteiger partial charge in [-0.15, -0.1) is 0 Å². The molecule has 0 fully saturated rings. The smallest absolute Gasteiger partial charge is 0.183 e. The van der Waals surface area contributed by atoms with Gasteiger partial charge < -0.3 is 0 Å². The average molecular weight is 569 g/mol. The van der Waals surface area contributed by atoms with Crippen LogP contribution in [0.5, 0.6) is 0 Å². The maximum atomic E-state index is 2.77. The lowest BCUT2D eigenvalue weighted by Gasteiger charge is -2.37. The molecule has 7 rings (SSSR count). The van der Waals surface area contributed by atoms with Crippen molar-refractivity contribution in [1.82, 2.24) is 0 Å². The molecule has 1 aromatic heterocycles. The minimum atomic E-state index is -0.198. The van der Waals surface area contributed by atoms with Gasteiger partial charge in [0.2, 0.25) is 11.2 Å². The monoisotopic (exact) mass is 568 g/mol. The summed E-state index contributed by atoms with van der Waals surface area (Å²) in [4.78, 5) is 0. The van der Waals surface area contributed by atoms with Gasteiger partial charge in [0.15, 0.2) is 6.20 Å². The fraction of sp³-hybridized carbons (Fsp3) is 0.452. The summed E-state index contributed by atoms with van der Waals surface area (Å²) in [6.07, 6.45) is 11.0. The quantitative estimate of drug-likeness (QED) is 0.195. The van der Waals surface area contributed by atoms with Gasteiger partial charge in [0, 0.05) is 29.0 Å². The van der Waals surface area contributed by atoms with E-state index in [9.17, 15) is 0 Å². The first-order valence-corrected chi connectivity index (χ1v) is 17.2. The Morgan fingerprint density at radius 2 is 1.51 bits per heavy atom. The Morgan fingerprint density at radius 3 is 2.19 bits per heavy atom. The Bertz CT molecular complexity index is 1850. The summed E-state index contributed by atoms with van der Waals surface area (Å²) < 4.78 is 2.77. The molecule has 2 heterocycles. The van der Waals surface area contributed by atoms with Crippen LogP contribution in [0, 0.1) is 11.8 Å². The predicted octanol–water partition coefficient (Wildman–Crippen LogP) is 11.3. The van der Waals surface area contributed by atoms with Crippen molar-refractivity contribution in [2.24, 2.45) is 11.8 Å². The number of rotatable bonds is 7. The molecule has 43 heavy (non-hydrogen) atoms. The number of benzene rings is 3. The number of pyridine rings is 1. The summed E-state index contributed by atoms with van der Waals surface area (Å²) in [5.41, 5.74) is 13.5. The normalized spacial score (nSPS) is 20.0. The van der Waals surface area contributed by atoms with Crippen molar-refractivity contribution in [2.45, 2.75) is 111 Å². The molecule has 1 unspecified atom stereocenters. The molecule has 3 aromatic carbocycles. The van der Waals surface area contributed by atoms with Crippen molar-refractivity contribution in [3.63, 3.8) is 0 Å². The van der Waals surface area contributed by atoms with E-state index in [4.69, 9.17) is 0 Å². The molecule has 0 radical (unpaired) electrons. The molecule has 1 atom stereocenters. The number of hydrogen-bond acceptors (Lipinski definition) is 0. The highest BCUT2D eigenvalue weighted by Crippen LogP contribution is 2.60. The Labute approximate surface area is 259 Å². The number of nitrogens with zero attached hydrogens (tertiary/aromatic N) is 1. The van der Waals surface area contributed by atoms with E-state index in [1.165, 1.54) is 80.7 Å². The van der Waals surface area contributed by atoms with E-state index in [1.807, 2.05) is 0 Å². The van der Waals surface area contributed by atoms with Gasteiger partial charge in [0.25, 0.3) is 0 Å². The maximum absolute atomic E-state index is 2.77. The van der Waals surface area contributed by atoms with Crippen molar-refractivity contribution in [3.8, 4) is 11.3 Å². The van der Waals surface area contributed by atoms with Crippen LogP contribution in [0.3, 0.4) is 0 Å². The van der Waals surface area contributed by atoms with Crippen LogP contribution >= 0.6 is 0 Å². The summed E-state index contributed by atoms with van der Waals surface area (Å²) in [5, 5.41) is 5.68. The lowest BCUT2D eigenvalue weighted by atomic mass is 9.64. The molecule has 4 aromatic rings. The van der Waals surface area contributed by atoms with Gasteiger partial charge in [0.05, 0.1) is 10.9 Å². The minimum absolute atomic E-state index is 0.107. The lowest BCUT2D eigenvalue weighted by Crippen LogP contribution is -2.57. The summed E-state index contributed by atoms with van der Waals surface area (Å²) in [6.45, 7) is 21.7. The molecule has 0 N–H and O–H groups in total. The summed E-state index contributed by atoms with van der Waals surface area (Å²) in [6, 6.07) is 19.3. The van der Waals surface area contributed by atoms with Gasteiger partial charge in [-0.2, -0.15) is 4.57 Å². The second-order valence-electron chi connectivity index (χ2n) is 14.6. The topological polar surface area (TPSA) is 3.88 Å². The van der Waals surface area contributed by atoms with Crippen LogP contribution in [0.25, 0.3) is 32.8 Å². The van der Waals surface area contributed by atoms with Crippen molar-refractivity contribution in [1.29, 1.82) is 0 Å². The van der Waals surface area contributed by atoms with Crippen molar-refractivity contribution < 1.29 is 4.57 Å². The van der Waals surface area contributed by atoms with Crippen LogP contribution < -0.4 is 4.57 Å². The Balaban J connectivity index is 1.69. The highest BCUT2D eigenvalue weighted by molar-refractivity contribution is 6.07. The van der Waals surface area contributed by atoms with E-state index < -0.39 is 0 Å². The highest BCUT2D eigenvalue weighted by Gasteiger charge is 2.59. The third-order valence-corrected chi connectivity index (χ3v) is 12.0. The first-order valence-electron chi connectivity index (χ1n) is 17.2. The Kier molecular flexibility index (Phi) is 6.59. The van der Waals surface area contributed by atoms with Crippen LogP contribution in [0.2, 0.25) is 0 Å². The van der Waals surface area contributed by atoms with E-state index in [-0.39, 0.29) is 11.0 Å². The summed E-state index contributed by atoms with van der Waals surface area (Å²) in [7, 11) is 0. The van der Waals surface area contributed by atoms with Gasteiger partial charge >= 0.3 is 0 Å². The molecule has 2 aliphatic carbocycles.